The smallest absolute Gasteiger partial charge is 0.224 e. The molecule has 0 saturated carbocycles. The summed E-state index contributed by atoms with van der Waals surface area (Å²) in [5.41, 5.74) is 1.13. The van der Waals surface area contributed by atoms with E-state index >= 15 is 0 Å². The lowest BCUT2D eigenvalue weighted by molar-refractivity contribution is 0.400. The van der Waals surface area contributed by atoms with Crippen molar-refractivity contribution < 1.29 is 0 Å². The van der Waals surface area contributed by atoms with Crippen LogP contribution in [0.25, 0.3) is 0 Å². The minimum Gasteiger partial charge on any atom is -0.356 e. The van der Waals surface area contributed by atoms with E-state index in [9.17, 15) is 0 Å². The Morgan fingerprint density at radius 2 is 1.95 bits per heavy atom. The zero-order chi connectivity index (χ0) is 14.3. The van der Waals surface area contributed by atoms with Crippen LogP contribution in [0, 0.1) is 6.92 Å². The molecule has 0 aliphatic rings. The van der Waals surface area contributed by atoms with E-state index in [2.05, 4.69) is 60.0 Å². The van der Waals surface area contributed by atoms with Gasteiger partial charge in [0.1, 0.15) is 5.82 Å². The Morgan fingerprint density at radius 3 is 2.53 bits per heavy atom. The van der Waals surface area contributed by atoms with Gasteiger partial charge >= 0.3 is 0 Å². The molecule has 19 heavy (non-hydrogen) atoms. The van der Waals surface area contributed by atoms with E-state index in [1.165, 1.54) is 0 Å². The summed E-state index contributed by atoms with van der Waals surface area (Å²) >= 11 is 0. The Bertz CT molecular complexity index is 378. The van der Waals surface area contributed by atoms with Gasteiger partial charge in [-0.25, -0.2) is 4.98 Å². The maximum Gasteiger partial charge on any atom is 0.224 e. The summed E-state index contributed by atoms with van der Waals surface area (Å²) in [6.07, 6.45) is 3.04. The summed E-state index contributed by atoms with van der Waals surface area (Å²) in [7, 11) is 4.21. The van der Waals surface area contributed by atoms with Crippen LogP contribution >= 0.6 is 0 Å². The second-order valence-electron chi connectivity index (χ2n) is 4.97. The Kier molecular flexibility index (Phi) is 6.56. The molecule has 1 N–H and O–H groups in total. The molecule has 0 spiro atoms. The van der Waals surface area contributed by atoms with Gasteiger partial charge in [0.05, 0.1) is 0 Å². The van der Waals surface area contributed by atoms with Crippen LogP contribution < -0.4 is 10.2 Å². The summed E-state index contributed by atoms with van der Waals surface area (Å²) in [5, 5.41) is 3.17. The lowest BCUT2D eigenvalue weighted by Gasteiger charge is -2.24. The molecule has 0 fully saturated rings. The van der Waals surface area contributed by atoms with Gasteiger partial charge < -0.3 is 15.1 Å². The Balaban J connectivity index is 2.75. The average Bonchev–Trinajstić information content (AvgIpc) is 2.37. The summed E-state index contributed by atoms with van der Waals surface area (Å²) in [6.45, 7) is 10.2. The summed E-state index contributed by atoms with van der Waals surface area (Å²) in [4.78, 5) is 13.5. The molecule has 0 radical (unpaired) electrons. The molecule has 0 amide bonds. The minimum atomic E-state index is 0.717. The first kappa shape index (κ1) is 15.7. The van der Waals surface area contributed by atoms with Gasteiger partial charge in [-0.05, 0) is 47.8 Å². The maximum absolute atomic E-state index is 4.62. The molecule has 5 nitrogen and oxygen atoms in total. The standard InChI is InChI=1S/C14H27N5/c1-6-15-14-16-11-12(3)13(17-14)19(7-2)10-8-9-18(4)5/h11H,6-10H2,1-5H3,(H,15,16,17). The van der Waals surface area contributed by atoms with Crippen molar-refractivity contribution in [3.05, 3.63) is 11.8 Å². The Labute approximate surface area is 117 Å². The number of hydrogen-bond donors (Lipinski definition) is 1. The topological polar surface area (TPSA) is 44.3 Å². The van der Waals surface area contributed by atoms with Crippen molar-refractivity contribution in [2.45, 2.75) is 27.2 Å². The fourth-order valence-electron chi connectivity index (χ4n) is 1.99. The number of aryl methyl sites for hydroxylation is 1. The van der Waals surface area contributed by atoms with Crippen molar-refractivity contribution in [3.63, 3.8) is 0 Å². The SMILES string of the molecule is CCNc1ncc(C)c(N(CC)CCCN(C)C)n1. The minimum absolute atomic E-state index is 0.717. The number of hydrogen-bond acceptors (Lipinski definition) is 5. The molecule has 5 heteroatoms. The number of rotatable bonds is 8. The molecule has 0 aromatic carbocycles. The molecule has 0 bridgehead atoms. The largest absolute Gasteiger partial charge is 0.356 e. The van der Waals surface area contributed by atoms with Crippen LogP contribution in [0.3, 0.4) is 0 Å². The molecule has 0 aliphatic carbocycles. The number of aromatic nitrogens is 2. The van der Waals surface area contributed by atoms with Crippen molar-refractivity contribution >= 4 is 11.8 Å². The molecule has 1 aromatic rings. The lowest BCUT2D eigenvalue weighted by atomic mass is 10.3. The van der Waals surface area contributed by atoms with Gasteiger partial charge in [-0.15, -0.1) is 0 Å². The van der Waals surface area contributed by atoms with Crippen molar-refractivity contribution in [1.82, 2.24) is 14.9 Å². The van der Waals surface area contributed by atoms with E-state index in [0.29, 0.717) is 5.95 Å². The van der Waals surface area contributed by atoms with Crippen LogP contribution in [0.1, 0.15) is 25.8 Å². The van der Waals surface area contributed by atoms with Gasteiger partial charge in [0.2, 0.25) is 5.95 Å². The zero-order valence-corrected chi connectivity index (χ0v) is 12.9. The first-order valence-corrected chi connectivity index (χ1v) is 7.05. The zero-order valence-electron chi connectivity index (χ0n) is 12.9. The third-order valence-corrected chi connectivity index (χ3v) is 2.99. The van der Waals surface area contributed by atoms with E-state index in [-0.39, 0.29) is 0 Å². The van der Waals surface area contributed by atoms with Crippen LogP contribution in [0.2, 0.25) is 0 Å². The average molecular weight is 265 g/mol. The highest BCUT2D eigenvalue weighted by Crippen LogP contribution is 2.18. The predicted molar refractivity (Wildman–Crippen MR) is 82.0 cm³/mol. The van der Waals surface area contributed by atoms with Crippen LogP contribution in [0.15, 0.2) is 6.20 Å². The highest BCUT2D eigenvalue weighted by Gasteiger charge is 2.10. The monoisotopic (exact) mass is 265 g/mol. The van der Waals surface area contributed by atoms with Crippen molar-refractivity contribution in [3.8, 4) is 0 Å². The van der Waals surface area contributed by atoms with Gasteiger partial charge in [0.25, 0.3) is 0 Å². The van der Waals surface area contributed by atoms with Gasteiger partial charge in [-0.2, -0.15) is 4.98 Å². The lowest BCUT2D eigenvalue weighted by Crippen LogP contribution is -2.28. The summed E-state index contributed by atoms with van der Waals surface area (Å²) in [6, 6.07) is 0. The highest BCUT2D eigenvalue weighted by molar-refractivity contribution is 5.48. The van der Waals surface area contributed by atoms with E-state index in [1.54, 1.807) is 0 Å². The van der Waals surface area contributed by atoms with E-state index in [1.807, 2.05) is 6.20 Å². The molecule has 0 saturated heterocycles. The molecule has 0 unspecified atom stereocenters. The van der Waals surface area contributed by atoms with Crippen molar-refractivity contribution in [2.75, 3.05) is 50.5 Å². The summed E-state index contributed by atoms with van der Waals surface area (Å²) in [5.74, 6) is 1.77. The van der Waals surface area contributed by atoms with E-state index in [0.717, 1.165) is 44.0 Å². The first-order chi connectivity index (χ1) is 9.08. The van der Waals surface area contributed by atoms with Crippen LogP contribution in [-0.4, -0.2) is 55.1 Å². The van der Waals surface area contributed by atoms with Crippen molar-refractivity contribution in [2.24, 2.45) is 0 Å². The molecular formula is C14H27N5. The van der Waals surface area contributed by atoms with Crippen LogP contribution in [0.4, 0.5) is 11.8 Å². The van der Waals surface area contributed by atoms with Gasteiger partial charge in [0.15, 0.2) is 0 Å². The fourth-order valence-corrected chi connectivity index (χ4v) is 1.99. The third kappa shape index (κ3) is 5.03. The van der Waals surface area contributed by atoms with Gasteiger partial charge in [-0.3, -0.25) is 0 Å². The quantitative estimate of drug-likeness (QED) is 0.779. The number of nitrogens with zero attached hydrogens (tertiary/aromatic N) is 4. The third-order valence-electron chi connectivity index (χ3n) is 2.99. The number of nitrogens with one attached hydrogen (secondary N) is 1. The molecule has 0 aliphatic heterocycles. The Hall–Kier alpha value is -1.36. The number of anilines is 2. The van der Waals surface area contributed by atoms with Gasteiger partial charge in [-0.1, -0.05) is 0 Å². The van der Waals surface area contributed by atoms with Crippen LogP contribution in [-0.2, 0) is 0 Å². The Morgan fingerprint density at radius 1 is 1.21 bits per heavy atom. The van der Waals surface area contributed by atoms with Crippen molar-refractivity contribution in [1.29, 1.82) is 0 Å². The van der Waals surface area contributed by atoms with Gasteiger partial charge in [0, 0.05) is 31.4 Å². The van der Waals surface area contributed by atoms with E-state index < -0.39 is 0 Å². The highest BCUT2D eigenvalue weighted by atomic mass is 15.2. The summed E-state index contributed by atoms with van der Waals surface area (Å²) < 4.78 is 0. The molecule has 108 valence electrons. The van der Waals surface area contributed by atoms with E-state index in [4.69, 9.17) is 0 Å². The molecule has 1 aromatic heterocycles. The maximum atomic E-state index is 4.62. The molecular weight excluding hydrogens is 238 g/mol. The second-order valence-corrected chi connectivity index (χ2v) is 4.97. The molecule has 1 heterocycles. The normalized spacial score (nSPS) is 10.8. The van der Waals surface area contributed by atoms with Crippen LogP contribution in [0.5, 0.6) is 0 Å². The predicted octanol–water partition coefficient (Wildman–Crippen LogP) is 1.99. The second kappa shape index (κ2) is 7.94. The first-order valence-electron chi connectivity index (χ1n) is 7.05. The fraction of sp³-hybridized carbons (Fsp3) is 0.714. The molecule has 1 rings (SSSR count). The molecule has 0 atom stereocenters.